The summed E-state index contributed by atoms with van der Waals surface area (Å²) in [6, 6.07) is 18.7. The fourth-order valence-electron chi connectivity index (χ4n) is 3.16. The monoisotopic (exact) mass is 427 g/mol. The molecule has 0 spiro atoms. The highest BCUT2D eigenvalue weighted by molar-refractivity contribution is 7.18. The average molecular weight is 428 g/mol. The lowest BCUT2D eigenvalue weighted by Crippen LogP contribution is -2.05. The van der Waals surface area contributed by atoms with Crippen molar-refractivity contribution in [3.8, 4) is 11.1 Å². The molecule has 0 aliphatic rings. The third-order valence-electron chi connectivity index (χ3n) is 4.55. The predicted octanol–water partition coefficient (Wildman–Crippen LogP) is 7.02. The van der Waals surface area contributed by atoms with Crippen molar-refractivity contribution in [2.24, 2.45) is 0 Å². The maximum absolute atomic E-state index is 6.05. The van der Waals surface area contributed by atoms with Crippen molar-refractivity contribution in [1.29, 1.82) is 0 Å². The molecule has 0 fully saturated rings. The second kappa shape index (κ2) is 8.48. The molecule has 142 valence electrons. The number of hydrogen-bond acceptors (Lipinski definition) is 4. The smallest absolute Gasteiger partial charge is 0.225 e. The predicted molar refractivity (Wildman–Crippen MR) is 121 cm³/mol. The van der Waals surface area contributed by atoms with Crippen molar-refractivity contribution in [2.45, 2.75) is 19.8 Å². The van der Waals surface area contributed by atoms with Crippen LogP contribution in [0.4, 0.5) is 5.82 Å². The van der Waals surface area contributed by atoms with E-state index in [0.717, 1.165) is 40.4 Å². The molecule has 0 atom stereocenters. The van der Waals surface area contributed by atoms with Crippen LogP contribution in [0.5, 0.6) is 0 Å². The van der Waals surface area contributed by atoms with Crippen LogP contribution in [0, 0.1) is 6.92 Å². The highest BCUT2D eigenvalue weighted by atomic mass is 35.5. The van der Waals surface area contributed by atoms with Gasteiger partial charge in [-0.1, -0.05) is 48.0 Å². The Kier molecular flexibility index (Phi) is 5.81. The molecule has 0 saturated carbocycles. The fraction of sp³-hybridized carbons (Fsp3) is 0.182. The molecule has 0 radical (unpaired) electrons. The summed E-state index contributed by atoms with van der Waals surface area (Å²) in [5.41, 5.74) is 3.69. The normalized spacial score (nSPS) is 11.1. The molecule has 6 heteroatoms. The Morgan fingerprint density at radius 2 is 1.61 bits per heavy atom. The largest absolute Gasteiger partial charge is 0.369 e. The molecule has 3 nitrogen and oxygen atoms in total. The molecular weight excluding hydrogens is 409 g/mol. The number of halogens is 2. The van der Waals surface area contributed by atoms with Crippen LogP contribution >= 0.6 is 34.5 Å². The van der Waals surface area contributed by atoms with E-state index in [9.17, 15) is 0 Å². The molecule has 2 aromatic heterocycles. The van der Waals surface area contributed by atoms with Crippen molar-refractivity contribution < 1.29 is 0 Å². The molecule has 0 aliphatic heterocycles. The van der Waals surface area contributed by atoms with Gasteiger partial charge in [-0.05, 0) is 66.3 Å². The first kappa shape index (κ1) is 19.2. The number of benzene rings is 2. The van der Waals surface area contributed by atoms with Gasteiger partial charge in [0.15, 0.2) is 0 Å². The molecule has 1 N–H and O–H groups in total. The Morgan fingerprint density at radius 3 is 2.32 bits per heavy atom. The van der Waals surface area contributed by atoms with Gasteiger partial charge in [-0.2, -0.15) is 0 Å². The summed E-state index contributed by atoms with van der Waals surface area (Å²) in [4.78, 5) is 10.8. The number of aromatic nitrogens is 2. The van der Waals surface area contributed by atoms with Gasteiger partial charge in [-0.15, -0.1) is 11.3 Å². The van der Waals surface area contributed by atoms with Gasteiger partial charge in [-0.25, -0.2) is 9.97 Å². The molecular formula is C22H19Cl2N3S. The molecule has 0 unspecified atom stereocenters. The van der Waals surface area contributed by atoms with E-state index in [2.05, 4.69) is 52.5 Å². The quantitative estimate of drug-likeness (QED) is 0.265. The first-order valence-electron chi connectivity index (χ1n) is 9.11. The number of aryl methyl sites for hydroxylation is 2. The minimum absolute atomic E-state index is 0.287. The van der Waals surface area contributed by atoms with Crippen LogP contribution in [0.1, 0.15) is 16.9 Å². The number of hydrogen-bond donors (Lipinski definition) is 1. The molecule has 0 aliphatic carbocycles. The number of rotatable bonds is 6. The van der Waals surface area contributed by atoms with Gasteiger partial charge >= 0.3 is 0 Å². The number of anilines is 1. The standard InChI is InChI=1S/C22H19Cl2N3S/c1-14-13-19-20(26-22(24)27-21(19)28-14)25-12-2-3-15-4-6-16(7-5-15)17-8-10-18(23)11-9-17/h4-11,13H,2-3,12H2,1H3,(H,25,26,27). The van der Waals surface area contributed by atoms with E-state index in [1.807, 2.05) is 24.3 Å². The van der Waals surface area contributed by atoms with E-state index < -0.39 is 0 Å². The van der Waals surface area contributed by atoms with Crippen LogP contribution in [0.3, 0.4) is 0 Å². The highest BCUT2D eigenvalue weighted by Crippen LogP contribution is 2.29. The first-order valence-corrected chi connectivity index (χ1v) is 10.7. The summed E-state index contributed by atoms with van der Waals surface area (Å²) in [5, 5.41) is 5.50. The Morgan fingerprint density at radius 1 is 0.929 bits per heavy atom. The Bertz CT molecular complexity index is 1090. The van der Waals surface area contributed by atoms with E-state index in [4.69, 9.17) is 23.2 Å². The lowest BCUT2D eigenvalue weighted by Gasteiger charge is -2.08. The van der Waals surface area contributed by atoms with Gasteiger partial charge in [0.1, 0.15) is 10.6 Å². The fourth-order valence-corrected chi connectivity index (χ4v) is 4.38. The molecule has 28 heavy (non-hydrogen) atoms. The Labute approximate surface area is 178 Å². The summed E-state index contributed by atoms with van der Waals surface area (Å²) in [5.74, 6) is 0.817. The number of nitrogens with one attached hydrogen (secondary N) is 1. The third-order valence-corrected chi connectivity index (χ3v) is 5.92. The minimum Gasteiger partial charge on any atom is -0.369 e. The highest BCUT2D eigenvalue weighted by Gasteiger charge is 2.09. The van der Waals surface area contributed by atoms with Gasteiger partial charge in [0.2, 0.25) is 5.28 Å². The number of nitrogens with zero attached hydrogens (tertiary/aromatic N) is 2. The average Bonchev–Trinajstić information content (AvgIpc) is 3.06. The van der Waals surface area contributed by atoms with Crippen molar-refractivity contribution in [3.05, 3.63) is 75.3 Å². The lowest BCUT2D eigenvalue weighted by molar-refractivity contribution is 0.860. The van der Waals surface area contributed by atoms with Gasteiger partial charge in [0, 0.05) is 16.4 Å². The third kappa shape index (κ3) is 4.46. The van der Waals surface area contributed by atoms with Crippen molar-refractivity contribution in [1.82, 2.24) is 9.97 Å². The summed E-state index contributed by atoms with van der Waals surface area (Å²) < 4.78 is 0. The lowest BCUT2D eigenvalue weighted by atomic mass is 10.0. The molecule has 2 aromatic carbocycles. The number of fused-ring (bicyclic) bond motifs is 1. The maximum atomic E-state index is 6.05. The maximum Gasteiger partial charge on any atom is 0.225 e. The molecule has 0 amide bonds. The molecule has 4 aromatic rings. The summed E-state index contributed by atoms with van der Waals surface area (Å²) in [7, 11) is 0. The van der Waals surface area contributed by atoms with Crippen molar-refractivity contribution in [2.75, 3.05) is 11.9 Å². The minimum atomic E-state index is 0.287. The summed E-state index contributed by atoms with van der Waals surface area (Å²) >= 11 is 13.6. The number of thiophene rings is 1. The Hall–Kier alpha value is -2.14. The zero-order valence-corrected chi connectivity index (χ0v) is 17.7. The van der Waals surface area contributed by atoms with E-state index in [-0.39, 0.29) is 5.28 Å². The Balaban J connectivity index is 1.35. The second-order valence-corrected chi connectivity index (χ2v) is 8.66. The van der Waals surface area contributed by atoms with Crippen LogP contribution in [0.25, 0.3) is 21.3 Å². The van der Waals surface area contributed by atoms with Crippen LogP contribution in [0.15, 0.2) is 54.6 Å². The van der Waals surface area contributed by atoms with Crippen LogP contribution < -0.4 is 5.32 Å². The molecule has 0 saturated heterocycles. The van der Waals surface area contributed by atoms with Gasteiger partial charge in [-0.3, -0.25) is 0 Å². The SMILES string of the molecule is Cc1cc2c(NCCCc3ccc(-c4ccc(Cl)cc4)cc3)nc(Cl)nc2s1. The molecule has 2 heterocycles. The first-order chi connectivity index (χ1) is 13.6. The van der Waals surface area contributed by atoms with E-state index in [0.29, 0.717) is 0 Å². The topological polar surface area (TPSA) is 37.8 Å². The molecule has 4 rings (SSSR count). The molecule has 0 bridgehead atoms. The zero-order chi connectivity index (χ0) is 19.5. The second-order valence-electron chi connectivity index (χ2n) is 6.65. The van der Waals surface area contributed by atoms with E-state index in [1.165, 1.54) is 21.6 Å². The van der Waals surface area contributed by atoms with Gasteiger partial charge in [0.05, 0.1) is 5.39 Å². The van der Waals surface area contributed by atoms with Crippen LogP contribution in [-0.2, 0) is 6.42 Å². The zero-order valence-electron chi connectivity index (χ0n) is 15.4. The van der Waals surface area contributed by atoms with Gasteiger partial charge in [0.25, 0.3) is 0 Å². The van der Waals surface area contributed by atoms with Crippen LogP contribution in [0.2, 0.25) is 10.3 Å². The van der Waals surface area contributed by atoms with Gasteiger partial charge < -0.3 is 5.32 Å². The summed E-state index contributed by atoms with van der Waals surface area (Å²) in [6.07, 6.45) is 2.01. The van der Waals surface area contributed by atoms with E-state index >= 15 is 0 Å². The van der Waals surface area contributed by atoms with Crippen molar-refractivity contribution >= 4 is 50.6 Å². The van der Waals surface area contributed by atoms with E-state index in [1.54, 1.807) is 11.3 Å². The van der Waals surface area contributed by atoms with Crippen molar-refractivity contribution in [3.63, 3.8) is 0 Å². The summed E-state index contributed by atoms with van der Waals surface area (Å²) in [6.45, 7) is 2.90. The van der Waals surface area contributed by atoms with Crippen LogP contribution in [-0.4, -0.2) is 16.5 Å².